The van der Waals surface area contributed by atoms with Gasteiger partial charge >= 0.3 is 6.09 Å². The van der Waals surface area contributed by atoms with Crippen LogP contribution < -0.4 is 10.6 Å². The number of alkyl halides is 1. The van der Waals surface area contributed by atoms with Crippen LogP contribution >= 0.6 is 11.6 Å². The van der Waals surface area contributed by atoms with E-state index in [1.165, 1.54) is 0 Å². The lowest BCUT2D eigenvalue weighted by atomic mass is 9.87. The van der Waals surface area contributed by atoms with Crippen LogP contribution in [0.2, 0.25) is 0 Å². The van der Waals surface area contributed by atoms with Crippen LogP contribution in [0.3, 0.4) is 0 Å². The molecular formula is C32H31ClN4O3. The lowest BCUT2D eigenvalue weighted by molar-refractivity contribution is -0.124. The second kappa shape index (κ2) is 11.1. The summed E-state index contributed by atoms with van der Waals surface area (Å²) in [6, 6.07) is 25.6. The maximum absolute atomic E-state index is 13.3. The van der Waals surface area contributed by atoms with E-state index in [2.05, 4.69) is 15.6 Å². The third kappa shape index (κ3) is 5.70. The lowest BCUT2D eigenvalue weighted by Crippen LogP contribution is -2.57. The van der Waals surface area contributed by atoms with Crippen LogP contribution in [0.1, 0.15) is 49.3 Å². The summed E-state index contributed by atoms with van der Waals surface area (Å²) in [7, 11) is 0. The highest BCUT2D eigenvalue weighted by Crippen LogP contribution is 2.43. The maximum atomic E-state index is 13.3. The monoisotopic (exact) mass is 554 g/mol. The van der Waals surface area contributed by atoms with Crippen molar-refractivity contribution in [2.75, 3.05) is 6.54 Å². The molecule has 1 unspecified atom stereocenters. The molecule has 204 valence electrons. The van der Waals surface area contributed by atoms with E-state index in [9.17, 15) is 9.59 Å². The number of ether oxygens (including phenoxy) is 1. The highest BCUT2D eigenvalue weighted by Gasteiger charge is 2.51. The van der Waals surface area contributed by atoms with Crippen LogP contribution in [0.25, 0.3) is 10.8 Å². The first-order valence-corrected chi connectivity index (χ1v) is 13.6. The van der Waals surface area contributed by atoms with Gasteiger partial charge in [-0.05, 0) is 56.3 Å². The number of alkyl carbamates (subject to hydrolysis) is 1. The van der Waals surface area contributed by atoms with Crippen molar-refractivity contribution in [3.63, 3.8) is 0 Å². The molecule has 0 bridgehead atoms. The van der Waals surface area contributed by atoms with E-state index >= 15 is 0 Å². The minimum atomic E-state index is -1.44. The molecule has 0 aliphatic carbocycles. The van der Waals surface area contributed by atoms with E-state index in [0.29, 0.717) is 17.8 Å². The van der Waals surface area contributed by atoms with Crippen molar-refractivity contribution in [3.05, 3.63) is 108 Å². The number of benzene rings is 3. The van der Waals surface area contributed by atoms with Crippen LogP contribution in [-0.2, 0) is 9.53 Å². The van der Waals surface area contributed by atoms with Gasteiger partial charge in [-0.15, -0.1) is 11.6 Å². The van der Waals surface area contributed by atoms with E-state index in [0.717, 1.165) is 27.6 Å². The maximum Gasteiger partial charge on any atom is 0.408 e. The number of pyridine rings is 1. The molecule has 1 aromatic heterocycles. The predicted octanol–water partition coefficient (Wildman–Crippen LogP) is 6.47. The van der Waals surface area contributed by atoms with Gasteiger partial charge in [0.15, 0.2) is 0 Å². The van der Waals surface area contributed by atoms with Crippen molar-refractivity contribution in [3.8, 4) is 0 Å². The summed E-state index contributed by atoms with van der Waals surface area (Å²) in [5.41, 5.74) is 1.62. The Hall–Kier alpha value is -4.23. The molecule has 1 aliphatic heterocycles. The first-order chi connectivity index (χ1) is 19.2. The molecule has 1 saturated heterocycles. The summed E-state index contributed by atoms with van der Waals surface area (Å²) >= 11 is 7.24. The Morgan fingerprint density at radius 1 is 1.02 bits per heavy atom. The summed E-state index contributed by atoms with van der Waals surface area (Å²) in [6.45, 7) is 5.67. The molecule has 3 aromatic carbocycles. The molecule has 0 radical (unpaired) electrons. The molecule has 5 rings (SSSR count). The molecule has 2 atom stereocenters. The Morgan fingerprint density at radius 2 is 1.68 bits per heavy atom. The van der Waals surface area contributed by atoms with E-state index in [-0.39, 0.29) is 12.3 Å². The highest BCUT2D eigenvalue weighted by molar-refractivity contribution is 6.25. The third-order valence-corrected chi connectivity index (χ3v) is 7.36. The van der Waals surface area contributed by atoms with Gasteiger partial charge in [-0.3, -0.25) is 9.78 Å². The van der Waals surface area contributed by atoms with Crippen molar-refractivity contribution in [2.24, 2.45) is 4.99 Å². The summed E-state index contributed by atoms with van der Waals surface area (Å²) < 4.78 is 5.51. The first-order valence-electron chi connectivity index (χ1n) is 13.2. The largest absolute Gasteiger partial charge is 0.444 e. The van der Waals surface area contributed by atoms with Gasteiger partial charge in [-0.1, -0.05) is 60.7 Å². The van der Waals surface area contributed by atoms with Crippen molar-refractivity contribution in [1.29, 1.82) is 0 Å². The van der Waals surface area contributed by atoms with Gasteiger partial charge < -0.3 is 15.4 Å². The average molecular weight is 555 g/mol. The zero-order valence-corrected chi connectivity index (χ0v) is 23.4. The molecular weight excluding hydrogens is 524 g/mol. The molecule has 2 N–H and O–H groups in total. The second-order valence-corrected chi connectivity index (χ2v) is 11.2. The molecule has 7 nitrogen and oxygen atoms in total. The van der Waals surface area contributed by atoms with Crippen molar-refractivity contribution < 1.29 is 14.3 Å². The smallest absolute Gasteiger partial charge is 0.408 e. The fourth-order valence-corrected chi connectivity index (χ4v) is 5.31. The molecule has 1 aliphatic rings. The number of carbonyl (C=O) groups is 2. The number of halogens is 1. The highest BCUT2D eigenvalue weighted by atomic mass is 35.5. The Labute approximate surface area is 238 Å². The Balaban J connectivity index is 1.69. The molecule has 1 fully saturated rings. The Morgan fingerprint density at radius 3 is 2.25 bits per heavy atom. The topological polar surface area (TPSA) is 92.7 Å². The second-order valence-electron chi connectivity index (χ2n) is 10.8. The number of amides is 2. The van der Waals surface area contributed by atoms with Crippen molar-refractivity contribution in [1.82, 2.24) is 15.6 Å². The molecule has 2 amide bonds. The number of nitrogens with one attached hydrogen (secondary N) is 2. The number of fused-ring (bicyclic) bond motifs is 1. The van der Waals surface area contributed by atoms with Crippen molar-refractivity contribution >= 4 is 45.8 Å². The number of aromatic nitrogens is 1. The number of hydrogen-bond acceptors (Lipinski definition) is 5. The fourth-order valence-electron chi connectivity index (χ4n) is 4.87. The van der Waals surface area contributed by atoms with Crippen molar-refractivity contribution in [2.45, 2.75) is 43.7 Å². The average Bonchev–Trinajstić information content (AvgIpc) is 3.31. The lowest BCUT2D eigenvalue weighted by Gasteiger charge is -2.34. The van der Waals surface area contributed by atoms with E-state index in [4.69, 9.17) is 21.3 Å². The number of rotatable bonds is 6. The predicted molar refractivity (Wildman–Crippen MR) is 158 cm³/mol. The van der Waals surface area contributed by atoms with Gasteiger partial charge in [0.25, 0.3) is 0 Å². The van der Waals surface area contributed by atoms with Gasteiger partial charge in [-0.25, -0.2) is 9.79 Å². The molecule has 8 heteroatoms. The van der Waals surface area contributed by atoms with Crippen LogP contribution in [-0.4, -0.2) is 40.4 Å². The summed E-state index contributed by atoms with van der Waals surface area (Å²) in [5, 5.41) is 6.46. The number of hydrogen-bond donors (Lipinski definition) is 2. The Bertz CT molecular complexity index is 1530. The van der Waals surface area contributed by atoms with E-state index < -0.39 is 22.6 Å². The zero-order valence-electron chi connectivity index (χ0n) is 22.6. The van der Waals surface area contributed by atoms with Gasteiger partial charge in [0.1, 0.15) is 11.1 Å². The van der Waals surface area contributed by atoms with Gasteiger partial charge in [0.2, 0.25) is 5.91 Å². The first kappa shape index (κ1) is 27.3. The summed E-state index contributed by atoms with van der Waals surface area (Å²) in [6.07, 6.45) is 3.04. The van der Waals surface area contributed by atoms with Crippen LogP contribution in [0, 0.1) is 0 Å². The normalized spacial score (nSPS) is 17.6. The number of carbonyl (C=O) groups excluding carboxylic acids is 2. The number of aliphatic imine (C=N–C) groups is 1. The fraction of sp³-hybridized carbons (Fsp3) is 0.250. The third-order valence-electron chi connectivity index (χ3n) is 6.75. The minimum absolute atomic E-state index is 0.289. The minimum Gasteiger partial charge on any atom is -0.444 e. The summed E-state index contributed by atoms with van der Waals surface area (Å²) in [5.74, 6) is -0.370. The van der Waals surface area contributed by atoms with Crippen LogP contribution in [0.5, 0.6) is 0 Å². The molecule has 4 aromatic rings. The van der Waals surface area contributed by atoms with Gasteiger partial charge in [0.05, 0.1) is 16.8 Å². The number of nitrogens with zero attached hydrogens (tertiary/aromatic N) is 2. The molecule has 0 spiro atoms. The molecule has 40 heavy (non-hydrogen) atoms. The van der Waals surface area contributed by atoms with E-state index in [1.807, 2.05) is 78.9 Å². The molecule has 0 saturated carbocycles. The zero-order chi connectivity index (χ0) is 28.3. The van der Waals surface area contributed by atoms with Crippen LogP contribution in [0.4, 0.5) is 10.5 Å². The quantitative estimate of drug-likeness (QED) is 0.211. The van der Waals surface area contributed by atoms with Crippen LogP contribution in [0.15, 0.2) is 96.2 Å². The van der Waals surface area contributed by atoms with Gasteiger partial charge in [-0.2, -0.15) is 0 Å². The molecule has 2 heterocycles. The standard InChI is InChI=1S/C32H31ClN4O3/c1-31(2,3)40-30(39)37-32(15-17-35-29(32)38)28(33)25-18-24-20-34-16-14-23(24)19-26(25)36-27(21-10-6-4-7-11-21)22-12-8-5-9-13-22/h4-14,16,18-20,28H,15,17H2,1-3H3,(H,35,38)(H,37,39)/t28?,32-/m1/s1. The summed E-state index contributed by atoms with van der Waals surface area (Å²) in [4.78, 5) is 35.7. The Kier molecular flexibility index (Phi) is 7.59. The van der Waals surface area contributed by atoms with Gasteiger partial charge in [0, 0.05) is 35.5 Å². The SMILES string of the molecule is CC(C)(C)OC(=O)N[C@@]1(C(Cl)c2cc3cnccc3cc2N=C(c2ccccc2)c2ccccc2)CCNC1=O. The van der Waals surface area contributed by atoms with E-state index in [1.54, 1.807) is 33.2 Å².